The van der Waals surface area contributed by atoms with E-state index in [2.05, 4.69) is 216 Å². The van der Waals surface area contributed by atoms with Crippen molar-refractivity contribution in [3.05, 3.63) is 233 Å². The van der Waals surface area contributed by atoms with Crippen LogP contribution in [0.5, 0.6) is 0 Å². The molecule has 4 aliphatic carbocycles. The molecule has 4 aliphatic rings. The number of pyridine rings is 1. The summed E-state index contributed by atoms with van der Waals surface area (Å²) >= 11 is 0. The van der Waals surface area contributed by atoms with Crippen LogP contribution in [-0.4, -0.2) is 4.98 Å². The Bertz CT molecular complexity index is 3360. The summed E-state index contributed by atoms with van der Waals surface area (Å²) in [5.41, 5.74) is 27.6. The molecule has 1 heterocycles. The van der Waals surface area contributed by atoms with Crippen molar-refractivity contribution in [2.75, 3.05) is 0 Å². The van der Waals surface area contributed by atoms with Crippen molar-refractivity contribution >= 4 is 0 Å². The van der Waals surface area contributed by atoms with Gasteiger partial charge in [0.25, 0.3) is 0 Å². The minimum absolute atomic E-state index is 0.0866. The average molecular weight is 778 g/mol. The first-order chi connectivity index (χ1) is 29.8. The van der Waals surface area contributed by atoms with E-state index in [0.29, 0.717) is 0 Å². The zero-order chi connectivity index (χ0) is 40.8. The van der Waals surface area contributed by atoms with Crippen molar-refractivity contribution in [3.63, 3.8) is 0 Å². The Balaban J connectivity index is 1.09. The molecule has 0 saturated carbocycles. The van der Waals surface area contributed by atoms with E-state index < -0.39 is 5.41 Å². The van der Waals surface area contributed by atoms with Gasteiger partial charge in [-0.2, -0.15) is 0 Å². The molecule has 1 heteroatoms. The van der Waals surface area contributed by atoms with E-state index in [0.717, 1.165) is 17.0 Å². The van der Waals surface area contributed by atoms with Crippen LogP contribution in [0.3, 0.4) is 0 Å². The number of benzene rings is 8. The summed E-state index contributed by atoms with van der Waals surface area (Å²) in [6, 6.07) is 70.8. The Hall–Kier alpha value is -7.09. The van der Waals surface area contributed by atoms with Crippen LogP contribution >= 0.6 is 0 Å². The summed E-state index contributed by atoms with van der Waals surface area (Å²) in [4.78, 5) is 5.54. The monoisotopic (exact) mass is 777 g/mol. The van der Waals surface area contributed by atoms with Gasteiger partial charge >= 0.3 is 0 Å². The maximum atomic E-state index is 5.54. The molecular formula is C60H43N. The average Bonchev–Trinajstić information content (AvgIpc) is 3.94. The Labute approximate surface area is 358 Å². The first-order valence-electron chi connectivity index (χ1n) is 21.7. The highest BCUT2D eigenvalue weighted by molar-refractivity contribution is 6.02. The molecule has 8 aromatic carbocycles. The molecule has 0 amide bonds. The predicted molar refractivity (Wildman–Crippen MR) is 252 cm³/mol. The van der Waals surface area contributed by atoms with Gasteiger partial charge in [0.05, 0.1) is 16.8 Å². The van der Waals surface area contributed by atoms with Crippen molar-refractivity contribution in [1.29, 1.82) is 0 Å². The normalized spacial score (nSPS) is 17.2. The SMILES string of the molecule is CC1(C)c2ccccc2-c2cc3c(cc21)-c1ccccc1C31c2ccccc2-c2c(-c3cc(-c4ccccc4)nc(-c4cccc5c4C(C)(C)c4ccccc4-5)c3)cccc21. The van der Waals surface area contributed by atoms with Crippen LogP contribution in [0.1, 0.15) is 72.2 Å². The standard InChI is InChI=1S/C60H43N/c1-58(2)47-27-12-9-21-40(47)45-35-53-46(34-52(45)58)41-22-10-14-29-49(41)60(53)50-30-15-11-23-43(50)56-38(24-17-31-51(56)60)37-32-54(36-18-6-5-7-19-36)61-55(33-37)44-26-16-25-42-39-20-8-13-28-48(39)59(3,4)57(42)44/h5-35H,1-4H3. The third-order valence-corrected chi connectivity index (χ3v) is 14.9. The first kappa shape index (κ1) is 34.7. The number of hydrogen-bond acceptors (Lipinski definition) is 1. The lowest BCUT2D eigenvalue weighted by Gasteiger charge is -2.31. The Morgan fingerprint density at radius 2 is 0.770 bits per heavy atom. The molecule has 1 atom stereocenters. The van der Waals surface area contributed by atoms with Crippen molar-refractivity contribution in [2.24, 2.45) is 0 Å². The molecule has 1 aromatic heterocycles. The second kappa shape index (κ2) is 12.0. The number of nitrogens with zero attached hydrogens (tertiary/aromatic N) is 1. The molecule has 1 spiro atoms. The lowest BCUT2D eigenvalue weighted by Crippen LogP contribution is -2.26. The molecule has 0 aliphatic heterocycles. The zero-order valence-corrected chi connectivity index (χ0v) is 34.8. The van der Waals surface area contributed by atoms with Crippen LogP contribution in [0.15, 0.2) is 188 Å². The fraction of sp³-hybridized carbons (Fsp3) is 0.117. The quantitative estimate of drug-likeness (QED) is 0.174. The second-order valence-electron chi connectivity index (χ2n) is 18.6. The molecular weight excluding hydrogens is 735 g/mol. The van der Waals surface area contributed by atoms with E-state index >= 15 is 0 Å². The summed E-state index contributed by atoms with van der Waals surface area (Å²) in [5.74, 6) is 0. The summed E-state index contributed by atoms with van der Waals surface area (Å²) in [6.07, 6.45) is 0. The fourth-order valence-electron chi connectivity index (χ4n) is 12.3. The Morgan fingerprint density at radius 1 is 0.295 bits per heavy atom. The Morgan fingerprint density at radius 3 is 1.51 bits per heavy atom. The number of aromatic nitrogens is 1. The van der Waals surface area contributed by atoms with E-state index in [1.165, 1.54) is 106 Å². The largest absolute Gasteiger partial charge is 0.248 e. The van der Waals surface area contributed by atoms with Gasteiger partial charge in [-0.3, -0.25) is 0 Å². The van der Waals surface area contributed by atoms with E-state index in [-0.39, 0.29) is 10.8 Å². The zero-order valence-electron chi connectivity index (χ0n) is 34.8. The Kier molecular flexibility index (Phi) is 6.85. The number of fused-ring (bicyclic) bond motifs is 16. The molecule has 0 saturated heterocycles. The van der Waals surface area contributed by atoms with Crippen LogP contribution in [0, 0.1) is 0 Å². The van der Waals surface area contributed by atoms with E-state index in [1.54, 1.807) is 0 Å². The molecule has 0 fully saturated rings. The molecule has 1 unspecified atom stereocenters. The molecule has 13 rings (SSSR count). The van der Waals surface area contributed by atoms with Crippen molar-refractivity contribution in [3.8, 4) is 78.1 Å². The maximum Gasteiger partial charge on any atom is 0.0725 e. The predicted octanol–water partition coefficient (Wildman–Crippen LogP) is 15.0. The number of rotatable bonds is 3. The van der Waals surface area contributed by atoms with E-state index in [4.69, 9.17) is 4.98 Å². The third kappa shape index (κ3) is 4.38. The molecule has 0 radical (unpaired) electrons. The lowest BCUT2D eigenvalue weighted by molar-refractivity contribution is 0.660. The van der Waals surface area contributed by atoms with Gasteiger partial charge in [-0.1, -0.05) is 191 Å². The van der Waals surface area contributed by atoms with Gasteiger partial charge in [0, 0.05) is 22.0 Å². The van der Waals surface area contributed by atoms with Crippen LogP contribution in [0.25, 0.3) is 78.1 Å². The van der Waals surface area contributed by atoms with Crippen LogP contribution in [0.2, 0.25) is 0 Å². The first-order valence-corrected chi connectivity index (χ1v) is 21.7. The minimum Gasteiger partial charge on any atom is -0.248 e. The molecule has 0 bridgehead atoms. The minimum atomic E-state index is -0.473. The summed E-state index contributed by atoms with van der Waals surface area (Å²) in [7, 11) is 0. The van der Waals surface area contributed by atoms with Gasteiger partial charge < -0.3 is 0 Å². The van der Waals surface area contributed by atoms with Gasteiger partial charge in [0.1, 0.15) is 0 Å². The van der Waals surface area contributed by atoms with Gasteiger partial charge in [-0.05, 0) is 124 Å². The molecule has 9 aromatic rings. The van der Waals surface area contributed by atoms with Crippen molar-refractivity contribution in [1.82, 2.24) is 4.98 Å². The molecule has 288 valence electrons. The van der Waals surface area contributed by atoms with Crippen LogP contribution in [0.4, 0.5) is 0 Å². The highest BCUT2D eigenvalue weighted by Gasteiger charge is 2.53. The third-order valence-electron chi connectivity index (χ3n) is 14.9. The topological polar surface area (TPSA) is 12.9 Å². The summed E-state index contributed by atoms with van der Waals surface area (Å²) < 4.78 is 0. The highest BCUT2D eigenvalue weighted by Crippen LogP contribution is 2.66. The molecule has 61 heavy (non-hydrogen) atoms. The van der Waals surface area contributed by atoms with Gasteiger partial charge in [0.15, 0.2) is 0 Å². The van der Waals surface area contributed by atoms with E-state index in [9.17, 15) is 0 Å². The van der Waals surface area contributed by atoms with Gasteiger partial charge in [0.2, 0.25) is 0 Å². The van der Waals surface area contributed by atoms with Crippen LogP contribution in [-0.2, 0) is 16.2 Å². The summed E-state index contributed by atoms with van der Waals surface area (Å²) in [5, 5.41) is 0. The van der Waals surface area contributed by atoms with Gasteiger partial charge in [-0.25, -0.2) is 4.98 Å². The molecule has 1 nitrogen and oxygen atoms in total. The second-order valence-corrected chi connectivity index (χ2v) is 18.6. The smallest absolute Gasteiger partial charge is 0.0725 e. The van der Waals surface area contributed by atoms with E-state index in [1.807, 2.05) is 0 Å². The van der Waals surface area contributed by atoms with Crippen LogP contribution < -0.4 is 0 Å². The fourth-order valence-corrected chi connectivity index (χ4v) is 12.3. The van der Waals surface area contributed by atoms with Crippen molar-refractivity contribution in [2.45, 2.75) is 43.9 Å². The van der Waals surface area contributed by atoms with Crippen molar-refractivity contribution < 1.29 is 0 Å². The lowest BCUT2D eigenvalue weighted by atomic mass is 9.70. The highest BCUT2D eigenvalue weighted by atomic mass is 14.7. The number of hydrogen-bond donors (Lipinski definition) is 0. The van der Waals surface area contributed by atoms with Gasteiger partial charge in [-0.15, -0.1) is 0 Å². The molecule has 0 N–H and O–H groups in total. The maximum absolute atomic E-state index is 5.54. The summed E-state index contributed by atoms with van der Waals surface area (Å²) in [6.45, 7) is 9.53.